The summed E-state index contributed by atoms with van der Waals surface area (Å²) in [4.78, 5) is 48.1. The number of nitrogens with zero attached hydrogens (tertiary/aromatic N) is 6. The molecular formula is C29H33N7O3S. The van der Waals surface area contributed by atoms with Crippen LogP contribution in [0.2, 0.25) is 0 Å². The van der Waals surface area contributed by atoms with Gasteiger partial charge in [0.15, 0.2) is 5.84 Å². The predicted molar refractivity (Wildman–Crippen MR) is 153 cm³/mol. The number of rotatable bonds is 5. The largest absolute Gasteiger partial charge is 0.497 e. The monoisotopic (exact) mass is 559 g/mol. The van der Waals surface area contributed by atoms with Crippen LogP contribution in [0.5, 0.6) is 5.75 Å². The molecule has 0 bridgehead atoms. The minimum Gasteiger partial charge on any atom is -0.497 e. The van der Waals surface area contributed by atoms with Crippen molar-refractivity contribution in [3.8, 4) is 5.75 Å². The molecule has 3 aromatic rings. The van der Waals surface area contributed by atoms with Crippen LogP contribution >= 0.6 is 11.3 Å². The van der Waals surface area contributed by atoms with E-state index in [0.717, 1.165) is 42.7 Å². The molecule has 11 heteroatoms. The van der Waals surface area contributed by atoms with E-state index < -0.39 is 0 Å². The number of fused-ring (bicyclic) bond motifs is 1. The molecule has 2 aliphatic heterocycles. The van der Waals surface area contributed by atoms with Crippen LogP contribution in [0.15, 0.2) is 63.7 Å². The number of aromatic nitrogens is 3. The second kappa shape index (κ2) is 12.0. The fraction of sp³-hybridized carbons (Fsp3) is 0.414. The highest BCUT2D eigenvalue weighted by Crippen LogP contribution is 2.40. The van der Waals surface area contributed by atoms with E-state index in [1.165, 1.54) is 11.3 Å². The zero-order chi connectivity index (χ0) is 28.1. The van der Waals surface area contributed by atoms with Crippen LogP contribution in [-0.4, -0.2) is 63.0 Å². The lowest BCUT2D eigenvalue weighted by atomic mass is 9.72. The second-order valence-corrected chi connectivity index (χ2v) is 11.1. The van der Waals surface area contributed by atoms with E-state index in [0.29, 0.717) is 30.2 Å². The number of hydrogen-bond donors (Lipinski definition) is 1. The maximum atomic E-state index is 12.5. The van der Waals surface area contributed by atoms with Gasteiger partial charge in [-0.15, -0.1) is 11.3 Å². The number of methoxy groups -OCH3 is 1. The highest BCUT2D eigenvalue weighted by Gasteiger charge is 2.46. The fourth-order valence-electron chi connectivity index (χ4n) is 5.40. The molecule has 3 atom stereocenters. The van der Waals surface area contributed by atoms with Crippen LogP contribution < -0.4 is 10.1 Å². The number of amides is 2. The number of aliphatic imine (C=N–C) groups is 2. The molecule has 1 aliphatic carbocycles. The lowest BCUT2D eigenvalue weighted by Gasteiger charge is -2.43. The molecule has 0 saturated heterocycles. The van der Waals surface area contributed by atoms with Gasteiger partial charge in [0.1, 0.15) is 17.3 Å². The van der Waals surface area contributed by atoms with Gasteiger partial charge in [-0.25, -0.2) is 9.97 Å². The number of carbonyl (C=O) groups is 2. The molecule has 2 unspecified atom stereocenters. The van der Waals surface area contributed by atoms with Crippen molar-refractivity contribution in [3.63, 3.8) is 0 Å². The van der Waals surface area contributed by atoms with Gasteiger partial charge in [-0.3, -0.25) is 29.5 Å². The zero-order valence-corrected chi connectivity index (χ0v) is 23.7. The number of amidine groups is 2. The third-order valence-electron chi connectivity index (χ3n) is 7.58. The maximum Gasteiger partial charge on any atom is 0.233 e. The van der Waals surface area contributed by atoms with Crippen LogP contribution in [0.25, 0.3) is 0 Å². The van der Waals surface area contributed by atoms with E-state index in [4.69, 9.17) is 9.73 Å². The number of nitrogens with one attached hydrogen (secondary N) is 1. The lowest BCUT2D eigenvalue weighted by molar-refractivity contribution is -0.135. The number of thiazole rings is 1. The summed E-state index contributed by atoms with van der Waals surface area (Å²) in [6.07, 6.45) is 10.0. The van der Waals surface area contributed by atoms with Crippen molar-refractivity contribution >= 4 is 34.8 Å². The molecule has 1 N–H and O–H groups in total. The molecule has 0 radical (unpaired) electrons. The summed E-state index contributed by atoms with van der Waals surface area (Å²) in [6.45, 7) is 2.10. The molecule has 6 rings (SSSR count). The number of hydrogen-bond acceptors (Lipinski definition) is 9. The summed E-state index contributed by atoms with van der Waals surface area (Å²) in [5, 5.41) is 4.79. The van der Waals surface area contributed by atoms with Gasteiger partial charge in [-0.2, -0.15) is 0 Å². The summed E-state index contributed by atoms with van der Waals surface area (Å²) in [5.41, 5.74) is 4.12. The molecule has 1 aromatic carbocycles. The fourth-order valence-corrected chi connectivity index (χ4v) is 5.96. The molecule has 0 spiro atoms. The van der Waals surface area contributed by atoms with Crippen molar-refractivity contribution < 1.29 is 14.3 Å². The first kappa shape index (κ1) is 27.6. The molecule has 2 amide bonds. The van der Waals surface area contributed by atoms with Crippen molar-refractivity contribution in [2.75, 3.05) is 14.2 Å². The third kappa shape index (κ3) is 6.09. The van der Waals surface area contributed by atoms with Crippen LogP contribution in [0.3, 0.4) is 0 Å². The molecule has 10 nitrogen and oxygen atoms in total. The van der Waals surface area contributed by atoms with Gasteiger partial charge in [0.25, 0.3) is 0 Å². The van der Waals surface area contributed by atoms with Gasteiger partial charge in [-0.1, -0.05) is 25.0 Å². The summed E-state index contributed by atoms with van der Waals surface area (Å²) >= 11 is 1.54. The lowest BCUT2D eigenvalue weighted by Crippen LogP contribution is -2.54. The second-order valence-electron chi connectivity index (χ2n) is 10.4. The first-order valence-electron chi connectivity index (χ1n) is 13.4. The summed E-state index contributed by atoms with van der Waals surface area (Å²) < 4.78 is 5.15. The van der Waals surface area contributed by atoms with Gasteiger partial charge in [0.05, 0.1) is 48.4 Å². The topological polar surface area (TPSA) is 122 Å². The Bertz CT molecular complexity index is 1390. The standard InChI is InChI=1S/C15H15N3O2S.C14H18N4O/c1-20-12-4-2-10(3-5-12)13-7-15(19)18-14(17-13)6-11-8-21-9-16-11;1-14-6-4-3-5-10(14)13(19)18(2)12(17-14)11-9-15-7-8-16-11/h2-5,8-9,13H,6-7H2,1H3,(H,17,18,19);7-10H,3-6H2,1-2H3/t;10-,14?/m.0/s1. The summed E-state index contributed by atoms with van der Waals surface area (Å²) in [7, 11) is 3.41. The first-order chi connectivity index (χ1) is 19.4. The van der Waals surface area contributed by atoms with Crippen molar-refractivity contribution in [1.82, 2.24) is 25.2 Å². The summed E-state index contributed by atoms with van der Waals surface area (Å²) in [5.74, 6) is 2.31. The third-order valence-corrected chi connectivity index (χ3v) is 8.22. The van der Waals surface area contributed by atoms with Crippen molar-refractivity contribution in [2.45, 2.75) is 57.0 Å². The van der Waals surface area contributed by atoms with Crippen molar-refractivity contribution in [3.05, 3.63) is 70.7 Å². The Labute approximate surface area is 237 Å². The maximum absolute atomic E-state index is 12.5. The quantitative estimate of drug-likeness (QED) is 0.504. The van der Waals surface area contributed by atoms with Crippen LogP contribution in [0, 0.1) is 5.92 Å². The van der Waals surface area contributed by atoms with E-state index in [2.05, 4.69) is 32.2 Å². The van der Waals surface area contributed by atoms with Crippen molar-refractivity contribution in [2.24, 2.45) is 15.9 Å². The Morgan fingerprint density at radius 1 is 1.15 bits per heavy atom. The molecule has 208 valence electrons. The Kier molecular flexibility index (Phi) is 8.29. The SMILES string of the molecule is CN1C(=O)[C@@H]2CCCCC2(C)N=C1c1cnccn1.COc1ccc(C2CC(=O)NC(Cc3cscn3)=N2)cc1. The highest BCUT2D eigenvalue weighted by atomic mass is 32.1. The highest BCUT2D eigenvalue weighted by molar-refractivity contribution is 7.07. The van der Waals surface area contributed by atoms with Crippen LogP contribution in [-0.2, 0) is 16.0 Å². The number of carbonyl (C=O) groups excluding carboxylic acids is 2. The van der Waals surface area contributed by atoms with E-state index in [1.807, 2.05) is 29.6 Å². The molecule has 40 heavy (non-hydrogen) atoms. The van der Waals surface area contributed by atoms with Gasteiger partial charge in [0.2, 0.25) is 11.8 Å². The van der Waals surface area contributed by atoms with Gasteiger partial charge < -0.3 is 10.1 Å². The predicted octanol–water partition coefficient (Wildman–Crippen LogP) is 4.00. The molecular weight excluding hydrogens is 526 g/mol. The van der Waals surface area contributed by atoms with E-state index in [1.54, 1.807) is 43.2 Å². The average molecular weight is 560 g/mol. The van der Waals surface area contributed by atoms with E-state index in [9.17, 15) is 9.59 Å². The molecule has 1 fully saturated rings. The molecule has 4 heterocycles. The number of benzene rings is 1. The Morgan fingerprint density at radius 3 is 2.67 bits per heavy atom. The van der Waals surface area contributed by atoms with Gasteiger partial charge in [-0.05, 0) is 37.5 Å². The van der Waals surface area contributed by atoms with Crippen molar-refractivity contribution in [1.29, 1.82) is 0 Å². The zero-order valence-electron chi connectivity index (χ0n) is 22.9. The minimum atomic E-state index is -0.269. The Balaban J connectivity index is 0.000000162. The molecule has 2 aromatic heterocycles. The average Bonchev–Trinajstić information content (AvgIpc) is 3.48. The normalized spacial score (nSPS) is 24.1. The van der Waals surface area contributed by atoms with E-state index in [-0.39, 0.29) is 29.3 Å². The first-order valence-corrected chi connectivity index (χ1v) is 14.3. The Morgan fingerprint density at radius 2 is 1.98 bits per heavy atom. The van der Waals surface area contributed by atoms with Crippen LogP contribution in [0.4, 0.5) is 0 Å². The smallest absolute Gasteiger partial charge is 0.233 e. The number of ether oxygens (including phenoxy) is 1. The van der Waals surface area contributed by atoms with E-state index >= 15 is 0 Å². The Hall–Kier alpha value is -3.99. The molecule has 3 aliphatic rings. The van der Waals surface area contributed by atoms with Gasteiger partial charge >= 0.3 is 0 Å². The molecule has 1 saturated carbocycles. The van der Waals surface area contributed by atoms with Crippen LogP contribution in [0.1, 0.15) is 62.0 Å². The minimum absolute atomic E-state index is 0.00366. The summed E-state index contributed by atoms with van der Waals surface area (Å²) in [6, 6.07) is 7.53. The van der Waals surface area contributed by atoms with Gasteiger partial charge in [0, 0.05) is 31.2 Å².